The van der Waals surface area contributed by atoms with Crippen molar-refractivity contribution in [1.29, 1.82) is 0 Å². The van der Waals surface area contributed by atoms with E-state index in [0.717, 1.165) is 12.8 Å². The number of nitrogens with zero attached hydrogens (tertiary/aromatic N) is 1. The lowest BCUT2D eigenvalue weighted by atomic mass is 10.0. The lowest BCUT2D eigenvalue weighted by Gasteiger charge is -2.12. The molecule has 4 heteroatoms. The minimum atomic E-state index is -0.555. The lowest BCUT2D eigenvalue weighted by Crippen LogP contribution is -2.03. The van der Waals surface area contributed by atoms with Crippen LogP contribution in [0.5, 0.6) is 11.5 Å². The van der Waals surface area contributed by atoms with Crippen LogP contribution in [0.25, 0.3) is 0 Å². The van der Waals surface area contributed by atoms with Crippen molar-refractivity contribution in [3.8, 4) is 11.5 Å². The zero-order chi connectivity index (χ0) is 10.9. The average Bonchev–Trinajstić information content (AvgIpc) is 3.00. The molecule has 1 saturated carbocycles. The summed E-state index contributed by atoms with van der Waals surface area (Å²) in [7, 11) is 1.49. The molecule has 0 spiro atoms. The third kappa shape index (κ3) is 1.49. The minimum Gasteiger partial charge on any atom is -0.504 e. The van der Waals surface area contributed by atoms with Crippen molar-refractivity contribution < 1.29 is 14.6 Å². The number of ether oxygens (including phenoxy) is 1. The smallest absolute Gasteiger partial charge is 0.235 e. The summed E-state index contributed by atoms with van der Waals surface area (Å²) in [4.78, 5) is 14.0. The summed E-state index contributed by atoms with van der Waals surface area (Å²) in [6.07, 6.45) is 3.09. The number of benzene rings is 1. The average molecular weight is 205 g/mol. The number of rotatable bonds is 3. The molecule has 1 aliphatic carbocycles. The summed E-state index contributed by atoms with van der Waals surface area (Å²) in [5.74, 6) is 0.469. The number of isocyanates is 1. The van der Waals surface area contributed by atoms with Gasteiger partial charge in [-0.1, -0.05) is 12.1 Å². The Morgan fingerprint density at radius 1 is 1.53 bits per heavy atom. The van der Waals surface area contributed by atoms with Crippen molar-refractivity contribution >= 4 is 6.08 Å². The van der Waals surface area contributed by atoms with Crippen molar-refractivity contribution in [3.63, 3.8) is 0 Å². The Morgan fingerprint density at radius 2 is 2.27 bits per heavy atom. The monoisotopic (exact) mass is 205 g/mol. The molecule has 1 fully saturated rings. The maximum atomic E-state index is 10.3. The van der Waals surface area contributed by atoms with Gasteiger partial charge in [0, 0.05) is 5.56 Å². The van der Waals surface area contributed by atoms with Gasteiger partial charge in [-0.05, 0) is 18.9 Å². The summed E-state index contributed by atoms with van der Waals surface area (Å²) in [5, 5.41) is 9.88. The number of hydrogen-bond donors (Lipinski definition) is 1. The van der Waals surface area contributed by atoms with Crippen LogP contribution in [0.15, 0.2) is 23.2 Å². The standard InChI is InChI=1S/C11H11NO3/c1-15-9-4-2-3-8(10(9)14)11(5-6-11)12-7-13/h2-4,14H,5-6H2,1H3. The Balaban J connectivity index is 2.49. The van der Waals surface area contributed by atoms with E-state index in [2.05, 4.69) is 4.99 Å². The highest BCUT2D eigenvalue weighted by Crippen LogP contribution is 2.53. The predicted octanol–water partition coefficient (Wildman–Crippen LogP) is 1.73. The Labute approximate surface area is 87.2 Å². The summed E-state index contributed by atoms with van der Waals surface area (Å²) >= 11 is 0. The zero-order valence-corrected chi connectivity index (χ0v) is 8.36. The van der Waals surface area contributed by atoms with Crippen LogP contribution < -0.4 is 4.74 Å². The van der Waals surface area contributed by atoms with Crippen LogP contribution in [0, 0.1) is 0 Å². The Morgan fingerprint density at radius 3 is 2.80 bits per heavy atom. The summed E-state index contributed by atoms with van der Waals surface area (Å²) in [6.45, 7) is 0. The van der Waals surface area contributed by atoms with Gasteiger partial charge in [0.2, 0.25) is 6.08 Å². The molecule has 0 saturated heterocycles. The fourth-order valence-corrected chi connectivity index (χ4v) is 1.71. The van der Waals surface area contributed by atoms with Crippen molar-refractivity contribution in [2.24, 2.45) is 4.99 Å². The zero-order valence-electron chi connectivity index (χ0n) is 8.36. The number of phenolic OH excluding ortho intramolecular Hbond substituents is 1. The molecule has 1 aromatic carbocycles. The highest BCUT2D eigenvalue weighted by molar-refractivity contribution is 5.52. The molecule has 0 unspecified atom stereocenters. The topological polar surface area (TPSA) is 58.9 Å². The highest BCUT2D eigenvalue weighted by Gasteiger charge is 2.47. The first-order chi connectivity index (χ1) is 7.23. The number of carbonyl (C=O) groups excluding carboxylic acids is 1. The molecule has 0 heterocycles. The van der Waals surface area contributed by atoms with Crippen LogP contribution in [-0.4, -0.2) is 18.3 Å². The van der Waals surface area contributed by atoms with Crippen molar-refractivity contribution in [2.45, 2.75) is 18.4 Å². The highest BCUT2D eigenvalue weighted by atomic mass is 16.5. The lowest BCUT2D eigenvalue weighted by molar-refractivity contribution is 0.368. The molecule has 1 aliphatic rings. The second-order valence-corrected chi connectivity index (χ2v) is 3.59. The van der Waals surface area contributed by atoms with Crippen LogP contribution in [0.3, 0.4) is 0 Å². The maximum absolute atomic E-state index is 10.3. The normalized spacial score (nSPS) is 16.6. The number of methoxy groups -OCH3 is 1. The Kier molecular flexibility index (Phi) is 2.21. The van der Waals surface area contributed by atoms with E-state index in [4.69, 9.17) is 4.74 Å². The third-order valence-corrected chi connectivity index (χ3v) is 2.70. The summed E-state index contributed by atoms with van der Waals surface area (Å²) in [6, 6.07) is 5.19. The van der Waals surface area contributed by atoms with Gasteiger partial charge in [0.1, 0.15) is 5.54 Å². The molecule has 15 heavy (non-hydrogen) atoms. The molecule has 0 amide bonds. The predicted molar refractivity (Wildman–Crippen MR) is 53.7 cm³/mol. The van der Waals surface area contributed by atoms with Gasteiger partial charge in [-0.15, -0.1) is 0 Å². The van der Waals surface area contributed by atoms with Crippen molar-refractivity contribution in [2.75, 3.05) is 7.11 Å². The Bertz CT molecular complexity index is 431. The van der Waals surface area contributed by atoms with Gasteiger partial charge in [0.25, 0.3) is 0 Å². The Hall–Kier alpha value is -1.80. The van der Waals surface area contributed by atoms with Crippen molar-refractivity contribution in [3.05, 3.63) is 23.8 Å². The SMILES string of the molecule is COc1cccc(C2(N=C=O)CC2)c1O. The number of para-hydroxylation sites is 1. The first-order valence-corrected chi connectivity index (χ1v) is 4.69. The molecule has 1 aromatic rings. The number of phenols is 1. The van der Waals surface area contributed by atoms with E-state index in [-0.39, 0.29) is 5.75 Å². The van der Waals surface area contributed by atoms with Gasteiger partial charge in [-0.25, -0.2) is 4.79 Å². The number of aromatic hydroxyl groups is 1. The fourth-order valence-electron chi connectivity index (χ4n) is 1.71. The van der Waals surface area contributed by atoms with Crippen LogP contribution in [0.2, 0.25) is 0 Å². The summed E-state index contributed by atoms with van der Waals surface area (Å²) < 4.78 is 5.00. The van der Waals surface area contributed by atoms with Crippen LogP contribution in [0.1, 0.15) is 18.4 Å². The fraction of sp³-hybridized carbons (Fsp3) is 0.364. The van der Waals surface area contributed by atoms with E-state index in [1.165, 1.54) is 7.11 Å². The third-order valence-electron chi connectivity index (χ3n) is 2.70. The van der Waals surface area contributed by atoms with E-state index in [1.54, 1.807) is 24.3 Å². The van der Waals surface area contributed by atoms with Crippen LogP contribution in [-0.2, 0) is 10.3 Å². The van der Waals surface area contributed by atoms with Gasteiger partial charge in [-0.2, -0.15) is 4.99 Å². The van der Waals surface area contributed by atoms with E-state index < -0.39 is 5.54 Å². The molecule has 4 nitrogen and oxygen atoms in total. The van der Waals surface area contributed by atoms with Crippen LogP contribution in [0.4, 0.5) is 0 Å². The quantitative estimate of drug-likeness (QED) is 0.603. The molecule has 0 aliphatic heterocycles. The summed E-state index contributed by atoms with van der Waals surface area (Å²) in [5.41, 5.74) is 0.0885. The second kappa shape index (κ2) is 3.41. The maximum Gasteiger partial charge on any atom is 0.235 e. The number of aliphatic imine (C=N–C) groups is 1. The van der Waals surface area contributed by atoms with E-state index in [1.807, 2.05) is 0 Å². The van der Waals surface area contributed by atoms with Gasteiger partial charge in [-0.3, -0.25) is 0 Å². The molecule has 0 atom stereocenters. The molecule has 78 valence electrons. The molecule has 0 aromatic heterocycles. The van der Waals surface area contributed by atoms with Gasteiger partial charge >= 0.3 is 0 Å². The van der Waals surface area contributed by atoms with Gasteiger partial charge in [0.05, 0.1) is 7.11 Å². The van der Waals surface area contributed by atoms with E-state index >= 15 is 0 Å². The molecule has 2 rings (SSSR count). The first-order valence-electron chi connectivity index (χ1n) is 4.69. The largest absolute Gasteiger partial charge is 0.504 e. The van der Waals surface area contributed by atoms with E-state index in [0.29, 0.717) is 11.3 Å². The van der Waals surface area contributed by atoms with Crippen molar-refractivity contribution in [1.82, 2.24) is 0 Å². The van der Waals surface area contributed by atoms with E-state index in [9.17, 15) is 9.90 Å². The molecular weight excluding hydrogens is 194 g/mol. The second-order valence-electron chi connectivity index (χ2n) is 3.59. The first kappa shape index (κ1) is 9.74. The molecule has 0 bridgehead atoms. The molecule has 0 radical (unpaired) electrons. The minimum absolute atomic E-state index is 0.0662. The van der Waals surface area contributed by atoms with Gasteiger partial charge < -0.3 is 9.84 Å². The van der Waals surface area contributed by atoms with Crippen LogP contribution >= 0.6 is 0 Å². The molecular formula is C11H11NO3. The number of hydrogen-bond acceptors (Lipinski definition) is 4. The molecule has 1 N–H and O–H groups in total. The van der Waals surface area contributed by atoms with Gasteiger partial charge in [0.15, 0.2) is 11.5 Å².